The minimum absolute atomic E-state index is 0.392. The first-order chi connectivity index (χ1) is 6.03. The first kappa shape index (κ1) is 10.7. The van der Waals surface area contributed by atoms with E-state index in [4.69, 9.17) is 11.6 Å². The van der Waals surface area contributed by atoms with E-state index in [2.05, 4.69) is 25.6 Å². The zero-order chi connectivity index (χ0) is 9.90. The zero-order valence-corrected chi connectivity index (χ0v) is 9.53. The van der Waals surface area contributed by atoms with Crippen molar-refractivity contribution in [2.24, 2.45) is 0 Å². The third-order valence-electron chi connectivity index (χ3n) is 1.14. The van der Waals surface area contributed by atoms with E-state index in [9.17, 15) is 8.42 Å². The number of nitrogens with zero attached hydrogens (tertiary/aromatic N) is 1. The summed E-state index contributed by atoms with van der Waals surface area (Å²) in [6.45, 7) is 0. The molecule has 4 nitrogen and oxygen atoms in total. The van der Waals surface area contributed by atoms with E-state index >= 15 is 0 Å². The molecule has 1 N–H and O–H groups in total. The van der Waals surface area contributed by atoms with E-state index in [-0.39, 0.29) is 0 Å². The van der Waals surface area contributed by atoms with Gasteiger partial charge in [0.05, 0.1) is 11.9 Å². The van der Waals surface area contributed by atoms with Crippen LogP contribution in [-0.4, -0.2) is 18.6 Å². The Morgan fingerprint density at radius 3 is 2.69 bits per heavy atom. The van der Waals surface area contributed by atoms with Gasteiger partial charge in [-0.05, 0) is 28.1 Å². The Bertz CT molecular complexity index is 378. The van der Waals surface area contributed by atoms with Crippen molar-refractivity contribution in [2.75, 3.05) is 9.93 Å². The molecule has 0 spiro atoms. The molecule has 0 saturated heterocycles. The van der Waals surface area contributed by atoms with Crippen LogP contribution in [0.5, 0.6) is 0 Å². The number of hydrogen-bond acceptors (Lipinski definition) is 3. The van der Waals surface area contributed by atoms with Crippen LogP contribution >= 0.6 is 27.5 Å². The second-order valence-corrected chi connectivity index (χ2v) is 5.31. The second-order valence-electron chi connectivity index (χ2n) is 2.20. The molecule has 13 heavy (non-hydrogen) atoms. The van der Waals surface area contributed by atoms with Crippen molar-refractivity contribution in [3.05, 3.63) is 22.9 Å². The van der Waals surface area contributed by atoms with Crippen molar-refractivity contribution in [1.82, 2.24) is 4.98 Å². The molecule has 7 heteroatoms. The van der Waals surface area contributed by atoms with Gasteiger partial charge in [-0.3, -0.25) is 4.72 Å². The molecule has 0 aliphatic heterocycles. The number of nitrogens with one attached hydrogen (secondary N) is 1. The molecule has 0 fully saturated rings. The topological polar surface area (TPSA) is 59.1 Å². The van der Waals surface area contributed by atoms with Crippen LogP contribution in [-0.2, 0) is 10.0 Å². The van der Waals surface area contributed by atoms with Crippen LogP contribution in [0.3, 0.4) is 0 Å². The summed E-state index contributed by atoms with van der Waals surface area (Å²) in [6, 6.07) is 3.22. The maximum atomic E-state index is 11.0. The van der Waals surface area contributed by atoms with Crippen LogP contribution in [0.1, 0.15) is 0 Å². The summed E-state index contributed by atoms with van der Waals surface area (Å²) in [4.78, 5) is 3.84. The molecule has 0 saturated carbocycles. The Labute approximate surface area is 89.5 Å². The molecule has 1 heterocycles. The van der Waals surface area contributed by atoms with Gasteiger partial charge in [0.2, 0.25) is 10.0 Å². The Kier molecular flexibility index (Phi) is 3.52. The average Bonchev–Trinajstić information content (AvgIpc) is 2.09. The van der Waals surface area contributed by atoms with E-state index in [1.165, 1.54) is 6.20 Å². The van der Waals surface area contributed by atoms with Crippen LogP contribution in [0.4, 0.5) is 5.69 Å². The van der Waals surface area contributed by atoms with Crippen LogP contribution in [0.2, 0.25) is 0 Å². The summed E-state index contributed by atoms with van der Waals surface area (Å²) >= 11 is 8.32. The van der Waals surface area contributed by atoms with Gasteiger partial charge in [0, 0.05) is 0 Å². The van der Waals surface area contributed by atoms with E-state index in [1.807, 2.05) is 0 Å². The lowest BCUT2D eigenvalue weighted by molar-refractivity contribution is 0.605. The molecule has 1 rings (SSSR count). The van der Waals surface area contributed by atoms with E-state index < -0.39 is 15.2 Å². The smallest absolute Gasteiger partial charge is 0.246 e. The maximum absolute atomic E-state index is 11.0. The van der Waals surface area contributed by atoms with Gasteiger partial charge in [0.25, 0.3) is 0 Å². The Morgan fingerprint density at radius 1 is 1.54 bits per heavy atom. The number of pyridine rings is 1. The van der Waals surface area contributed by atoms with Crippen molar-refractivity contribution >= 4 is 43.2 Å². The standard InChI is InChI=1S/C6H6BrClN2O2S/c7-6-2-1-5(3-9-6)10-13(11,12)4-8/h1-3,10H,4H2. The van der Waals surface area contributed by atoms with Crippen LogP contribution in [0.15, 0.2) is 22.9 Å². The van der Waals surface area contributed by atoms with E-state index in [1.54, 1.807) is 12.1 Å². The second kappa shape index (κ2) is 4.26. The highest BCUT2D eigenvalue weighted by atomic mass is 79.9. The lowest BCUT2D eigenvalue weighted by atomic mass is 10.4. The largest absolute Gasteiger partial charge is 0.281 e. The van der Waals surface area contributed by atoms with E-state index in [0.717, 1.165) is 0 Å². The number of aromatic nitrogens is 1. The van der Waals surface area contributed by atoms with Crippen LogP contribution in [0, 0.1) is 0 Å². The molecular weight excluding hydrogens is 280 g/mol. The molecule has 1 aromatic heterocycles. The van der Waals surface area contributed by atoms with Gasteiger partial charge in [-0.15, -0.1) is 11.6 Å². The summed E-state index contributed by atoms with van der Waals surface area (Å²) in [5, 5.41) is -0.469. The first-order valence-corrected chi connectivity index (χ1v) is 6.19. The van der Waals surface area contributed by atoms with Gasteiger partial charge in [-0.1, -0.05) is 0 Å². The Balaban J connectivity index is 2.82. The molecule has 0 amide bonds. The van der Waals surface area contributed by atoms with Crippen molar-refractivity contribution < 1.29 is 8.42 Å². The van der Waals surface area contributed by atoms with Crippen molar-refractivity contribution in [1.29, 1.82) is 0 Å². The molecule has 0 unspecified atom stereocenters. The molecule has 72 valence electrons. The Hall–Kier alpha value is -0.330. The lowest BCUT2D eigenvalue weighted by Crippen LogP contribution is -2.13. The van der Waals surface area contributed by atoms with Gasteiger partial charge < -0.3 is 0 Å². The fourth-order valence-electron chi connectivity index (χ4n) is 0.643. The first-order valence-electron chi connectivity index (χ1n) is 3.21. The number of anilines is 1. The third kappa shape index (κ3) is 3.50. The molecule has 0 aliphatic rings. The number of hydrogen-bond donors (Lipinski definition) is 1. The van der Waals surface area contributed by atoms with Gasteiger partial charge >= 0.3 is 0 Å². The average molecular weight is 286 g/mol. The molecule has 0 aliphatic carbocycles. The fourth-order valence-corrected chi connectivity index (χ4v) is 1.58. The maximum Gasteiger partial charge on any atom is 0.246 e. The minimum Gasteiger partial charge on any atom is -0.281 e. The third-order valence-corrected chi connectivity index (χ3v) is 3.31. The highest BCUT2D eigenvalue weighted by Gasteiger charge is 2.07. The summed E-state index contributed by atoms with van der Waals surface area (Å²) in [5.74, 6) is 0. The van der Waals surface area contributed by atoms with Crippen molar-refractivity contribution in [3.8, 4) is 0 Å². The number of sulfonamides is 1. The molecule has 0 radical (unpaired) electrons. The van der Waals surface area contributed by atoms with Gasteiger partial charge in [-0.2, -0.15) is 0 Å². The number of halogens is 2. The molecule has 0 atom stereocenters. The predicted molar refractivity (Wildman–Crippen MR) is 55.2 cm³/mol. The van der Waals surface area contributed by atoms with Gasteiger partial charge in [-0.25, -0.2) is 13.4 Å². The molecule has 0 bridgehead atoms. The summed E-state index contributed by atoms with van der Waals surface area (Å²) in [7, 11) is -3.43. The molecular formula is C6H6BrClN2O2S. The Morgan fingerprint density at radius 2 is 2.23 bits per heavy atom. The van der Waals surface area contributed by atoms with Gasteiger partial charge in [0.15, 0.2) is 0 Å². The summed E-state index contributed by atoms with van der Waals surface area (Å²) in [6.07, 6.45) is 1.40. The minimum atomic E-state index is -3.43. The highest BCUT2D eigenvalue weighted by molar-refractivity contribution is 9.10. The zero-order valence-electron chi connectivity index (χ0n) is 6.37. The predicted octanol–water partition coefficient (Wildman–Crippen LogP) is 1.78. The number of rotatable bonds is 3. The molecule has 0 aromatic carbocycles. The van der Waals surface area contributed by atoms with Crippen LogP contribution < -0.4 is 4.72 Å². The normalized spacial score (nSPS) is 11.2. The quantitative estimate of drug-likeness (QED) is 0.680. The lowest BCUT2D eigenvalue weighted by Gasteiger charge is -2.03. The van der Waals surface area contributed by atoms with Crippen molar-refractivity contribution in [2.45, 2.75) is 0 Å². The SMILES string of the molecule is O=S(=O)(CCl)Nc1ccc(Br)nc1. The monoisotopic (exact) mass is 284 g/mol. The van der Waals surface area contributed by atoms with Crippen LogP contribution in [0.25, 0.3) is 0 Å². The molecule has 1 aromatic rings. The highest BCUT2D eigenvalue weighted by Crippen LogP contribution is 2.12. The van der Waals surface area contributed by atoms with Gasteiger partial charge in [0.1, 0.15) is 9.82 Å². The van der Waals surface area contributed by atoms with E-state index in [0.29, 0.717) is 10.3 Å². The summed E-state index contributed by atoms with van der Waals surface area (Å²) < 4.78 is 24.8. The number of alkyl halides is 1. The summed E-state index contributed by atoms with van der Waals surface area (Å²) in [5.41, 5.74) is 0.392. The fraction of sp³-hybridized carbons (Fsp3) is 0.167. The van der Waals surface area contributed by atoms with Crippen molar-refractivity contribution in [3.63, 3.8) is 0 Å².